The van der Waals surface area contributed by atoms with Crippen molar-refractivity contribution in [3.63, 3.8) is 0 Å². The van der Waals surface area contributed by atoms with Crippen molar-refractivity contribution < 1.29 is 14.3 Å². The van der Waals surface area contributed by atoms with Gasteiger partial charge >= 0.3 is 5.97 Å². The molecular weight excluding hydrogens is 443 g/mol. The van der Waals surface area contributed by atoms with Crippen molar-refractivity contribution in [3.8, 4) is 6.07 Å². The number of rotatable bonds is 8. The number of hydrogen-bond donors (Lipinski definition) is 4. The second-order valence-electron chi connectivity index (χ2n) is 9.34. The van der Waals surface area contributed by atoms with Crippen LogP contribution in [-0.4, -0.2) is 30.2 Å². The van der Waals surface area contributed by atoms with Crippen LogP contribution in [0.25, 0.3) is 0 Å². The maximum atomic E-state index is 14.1. The molecule has 0 spiro atoms. The van der Waals surface area contributed by atoms with Crippen molar-refractivity contribution >= 4 is 17.3 Å². The summed E-state index contributed by atoms with van der Waals surface area (Å²) in [7, 11) is 0. The number of hydrogen-bond acceptors (Lipinski definition) is 5. The minimum absolute atomic E-state index is 0.129. The van der Waals surface area contributed by atoms with Crippen molar-refractivity contribution in [2.24, 2.45) is 0 Å². The SMILES string of the molecule is CC(C)(C(=O)O)c1cccc(CCN[C@@H](c2cccc(F)c2)[C@H]2CNc3cccc(C#N)c3N2)c1. The summed E-state index contributed by atoms with van der Waals surface area (Å²) in [6.45, 7) is 4.59. The van der Waals surface area contributed by atoms with Gasteiger partial charge in [-0.1, -0.05) is 42.5 Å². The number of carbonyl (C=O) groups is 1. The highest BCUT2D eigenvalue weighted by molar-refractivity contribution is 5.80. The first-order chi connectivity index (χ1) is 16.8. The molecule has 4 N–H and O–H groups in total. The Balaban J connectivity index is 1.54. The summed E-state index contributed by atoms with van der Waals surface area (Å²) in [5, 5.41) is 29.5. The first-order valence-corrected chi connectivity index (χ1v) is 11.6. The van der Waals surface area contributed by atoms with Gasteiger partial charge in [0.1, 0.15) is 11.9 Å². The number of anilines is 2. The van der Waals surface area contributed by atoms with Gasteiger partial charge in [-0.25, -0.2) is 4.39 Å². The van der Waals surface area contributed by atoms with E-state index in [1.165, 1.54) is 12.1 Å². The lowest BCUT2D eigenvalue weighted by Crippen LogP contribution is -2.44. The van der Waals surface area contributed by atoms with Crippen LogP contribution in [0, 0.1) is 17.1 Å². The molecule has 0 fully saturated rings. The van der Waals surface area contributed by atoms with E-state index in [1.807, 2.05) is 42.5 Å². The van der Waals surface area contributed by atoms with Crippen LogP contribution >= 0.6 is 0 Å². The molecule has 1 aliphatic rings. The van der Waals surface area contributed by atoms with Gasteiger partial charge in [-0.05, 0) is 67.8 Å². The fraction of sp³-hybridized carbons (Fsp3) is 0.286. The first-order valence-electron chi connectivity index (χ1n) is 11.6. The van der Waals surface area contributed by atoms with Crippen LogP contribution in [0.5, 0.6) is 0 Å². The highest BCUT2D eigenvalue weighted by Crippen LogP contribution is 2.33. The van der Waals surface area contributed by atoms with Crippen LogP contribution in [0.1, 0.15) is 42.1 Å². The summed E-state index contributed by atoms with van der Waals surface area (Å²) in [5.74, 6) is -1.17. The molecule has 7 heteroatoms. The molecule has 180 valence electrons. The minimum atomic E-state index is -0.975. The Kier molecular flexibility index (Phi) is 7.04. The van der Waals surface area contributed by atoms with E-state index in [0.717, 1.165) is 28.1 Å². The van der Waals surface area contributed by atoms with Crippen molar-refractivity contribution in [1.82, 2.24) is 5.32 Å². The van der Waals surface area contributed by atoms with Crippen LogP contribution < -0.4 is 16.0 Å². The monoisotopic (exact) mass is 472 g/mol. The van der Waals surface area contributed by atoms with Crippen LogP contribution in [0.15, 0.2) is 66.7 Å². The first kappa shape index (κ1) is 24.2. The highest BCUT2D eigenvalue weighted by atomic mass is 19.1. The molecule has 2 atom stereocenters. The predicted molar refractivity (Wildman–Crippen MR) is 135 cm³/mol. The molecule has 4 rings (SSSR count). The summed E-state index contributed by atoms with van der Waals surface area (Å²) >= 11 is 0. The third-order valence-corrected chi connectivity index (χ3v) is 6.60. The molecule has 3 aromatic rings. The quantitative estimate of drug-likeness (QED) is 0.375. The van der Waals surface area contributed by atoms with E-state index in [1.54, 1.807) is 26.0 Å². The number of carboxylic acids is 1. The molecule has 1 heterocycles. The number of carboxylic acid groups (broad SMARTS) is 1. The molecule has 6 nitrogen and oxygen atoms in total. The van der Waals surface area contributed by atoms with Crippen LogP contribution in [0.3, 0.4) is 0 Å². The van der Waals surface area contributed by atoms with Gasteiger partial charge in [-0.15, -0.1) is 0 Å². The zero-order chi connectivity index (χ0) is 25.0. The van der Waals surface area contributed by atoms with Gasteiger partial charge in [-0.3, -0.25) is 4.79 Å². The Bertz CT molecular complexity index is 1270. The number of fused-ring (bicyclic) bond motifs is 1. The number of benzene rings is 3. The molecule has 0 aliphatic carbocycles. The molecule has 0 saturated carbocycles. The van der Waals surface area contributed by atoms with Crippen molar-refractivity contribution in [3.05, 3.63) is 94.8 Å². The van der Waals surface area contributed by atoms with Gasteiger partial charge in [0.25, 0.3) is 0 Å². The van der Waals surface area contributed by atoms with E-state index in [-0.39, 0.29) is 17.9 Å². The van der Waals surface area contributed by atoms with Gasteiger partial charge in [0, 0.05) is 6.54 Å². The third-order valence-electron chi connectivity index (χ3n) is 6.60. The summed E-state index contributed by atoms with van der Waals surface area (Å²) in [6, 6.07) is 21.6. The van der Waals surface area contributed by atoms with Crippen molar-refractivity contribution in [2.45, 2.75) is 37.8 Å². The molecule has 0 amide bonds. The lowest BCUT2D eigenvalue weighted by Gasteiger charge is -2.35. The lowest BCUT2D eigenvalue weighted by atomic mass is 9.84. The lowest BCUT2D eigenvalue weighted by molar-refractivity contribution is -0.142. The number of nitrogens with zero attached hydrogens (tertiary/aromatic N) is 1. The van der Waals surface area contributed by atoms with Crippen LogP contribution in [-0.2, 0) is 16.6 Å². The Labute approximate surface area is 204 Å². The molecule has 3 aromatic carbocycles. The molecule has 0 bridgehead atoms. The van der Waals surface area contributed by atoms with E-state index in [4.69, 9.17) is 0 Å². The van der Waals surface area contributed by atoms with Gasteiger partial charge in [0.15, 0.2) is 0 Å². The standard InChI is InChI=1S/C28H29FN4O2/c1-28(2,27(34)35)21-9-3-6-18(14-21)12-13-31-25(19-7-4-10-22(29)15-19)24-17-32-23-11-5-8-20(16-30)26(23)33-24/h3-11,14-15,24-25,31-33H,12-13,17H2,1-2H3,(H,34,35)/t24-,25+/m1/s1. The second kappa shape index (κ2) is 10.2. The van der Waals surface area contributed by atoms with Crippen LogP contribution in [0.4, 0.5) is 15.8 Å². The van der Waals surface area contributed by atoms with E-state index >= 15 is 0 Å². The molecule has 0 radical (unpaired) electrons. The minimum Gasteiger partial charge on any atom is -0.481 e. The van der Waals surface area contributed by atoms with Gasteiger partial charge in [0.05, 0.1) is 34.4 Å². The summed E-state index contributed by atoms with van der Waals surface area (Å²) in [4.78, 5) is 11.7. The molecular formula is C28H29FN4O2. The molecule has 1 aliphatic heterocycles. The highest BCUT2D eigenvalue weighted by Gasteiger charge is 2.30. The largest absolute Gasteiger partial charge is 0.481 e. The number of nitrogens with one attached hydrogen (secondary N) is 3. The van der Waals surface area contributed by atoms with E-state index in [9.17, 15) is 19.6 Å². The molecule has 0 aromatic heterocycles. The van der Waals surface area contributed by atoms with E-state index < -0.39 is 11.4 Å². The van der Waals surface area contributed by atoms with E-state index in [2.05, 4.69) is 22.0 Å². The summed E-state index contributed by atoms with van der Waals surface area (Å²) < 4.78 is 14.1. The Morgan fingerprint density at radius 1 is 1.20 bits per heavy atom. The topological polar surface area (TPSA) is 97.2 Å². The summed E-state index contributed by atoms with van der Waals surface area (Å²) in [6.07, 6.45) is 0.676. The average molecular weight is 473 g/mol. The predicted octanol–water partition coefficient (Wildman–Crippen LogP) is 4.84. The number of halogens is 1. The Hall–Kier alpha value is -3.89. The summed E-state index contributed by atoms with van der Waals surface area (Å²) in [5.41, 5.74) is 3.78. The van der Waals surface area contributed by atoms with E-state index in [0.29, 0.717) is 25.1 Å². The maximum Gasteiger partial charge on any atom is 0.313 e. The number of nitriles is 1. The third kappa shape index (κ3) is 5.28. The zero-order valence-electron chi connectivity index (χ0n) is 19.8. The number of aliphatic carboxylic acids is 1. The normalized spacial score (nSPS) is 15.8. The van der Waals surface area contributed by atoms with Crippen molar-refractivity contribution in [1.29, 1.82) is 5.26 Å². The molecule has 0 saturated heterocycles. The van der Waals surface area contributed by atoms with Gasteiger partial charge in [-0.2, -0.15) is 5.26 Å². The fourth-order valence-electron chi connectivity index (χ4n) is 4.41. The Morgan fingerprint density at radius 3 is 2.71 bits per heavy atom. The Morgan fingerprint density at radius 2 is 1.97 bits per heavy atom. The smallest absolute Gasteiger partial charge is 0.313 e. The maximum absolute atomic E-state index is 14.1. The molecule has 0 unspecified atom stereocenters. The second-order valence-corrected chi connectivity index (χ2v) is 9.34. The molecule has 35 heavy (non-hydrogen) atoms. The fourth-order valence-corrected chi connectivity index (χ4v) is 4.41. The van der Waals surface area contributed by atoms with Crippen molar-refractivity contribution in [2.75, 3.05) is 23.7 Å². The van der Waals surface area contributed by atoms with Gasteiger partial charge in [0.2, 0.25) is 0 Å². The zero-order valence-corrected chi connectivity index (χ0v) is 19.8. The average Bonchev–Trinajstić information content (AvgIpc) is 2.86. The van der Waals surface area contributed by atoms with Gasteiger partial charge < -0.3 is 21.1 Å². The van der Waals surface area contributed by atoms with Crippen LogP contribution in [0.2, 0.25) is 0 Å². The number of para-hydroxylation sites is 1.